The largest absolute Gasteiger partial charge is 0.487 e. The molecule has 3 aromatic carbocycles. The Bertz CT molecular complexity index is 2220. The lowest BCUT2D eigenvalue weighted by molar-refractivity contribution is -0.385. The number of aryl methyl sites for hydroxylation is 2. The lowest BCUT2D eigenvalue weighted by Gasteiger charge is -2.34. The maximum Gasteiger partial charge on any atom is 0.275 e. The van der Waals surface area contributed by atoms with Crippen molar-refractivity contribution >= 4 is 23.2 Å². The van der Waals surface area contributed by atoms with E-state index in [9.17, 15) is 47.8 Å². The molecule has 0 amide bonds. The zero-order valence-electron chi connectivity index (χ0n) is 36.3. The normalized spacial score (nSPS) is 16.0. The second kappa shape index (κ2) is 21.8. The monoisotopic (exact) mass is 866 g/mol. The number of carbonyl (C=O) groups is 1. The van der Waals surface area contributed by atoms with Crippen molar-refractivity contribution in [1.82, 2.24) is 14.7 Å². The first-order valence-electron chi connectivity index (χ1n) is 20.4. The van der Waals surface area contributed by atoms with Crippen LogP contribution in [0.2, 0.25) is 0 Å². The van der Waals surface area contributed by atoms with Gasteiger partial charge in [-0.25, -0.2) is 17.6 Å². The molecule has 17 heteroatoms. The number of ether oxygens (including phenoxy) is 2. The zero-order chi connectivity index (χ0) is 46.0. The summed E-state index contributed by atoms with van der Waals surface area (Å²) in [5.74, 6) is -3.31. The summed E-state index contributed by atoms with van der Waals surface area (Å²) < 4.78 is 65.1. The zero-order valence-corrected chi connectivity index (χ0v) is 36.3. The molecule has 62 heavy (non-hydrogen) atoms. The van der Waals surface area contributed by atoms with Gasteiger partial charge in [0.2, 0.25) is 5.78 Å². The first-order valence-corrected chi connectivity index (χ1v) is 20.4. The highest BCUT2D eigenvalue weighted by Gasteiger charge is 2.27. The van der Waals surface area contributed by atoms with Crippen LogP contribution in [0, 0.1) is 68.7 Å². The van der Waals surface area contributed by atoms with Gasteiger partial charge in [0.15, 0.2) is 34.8 Å². The van der Waals surface area contributed by atoms with Crippen molar-refractivity contribution in [3.05, 3.63) is 119 Å². The minimum atomic E-state index is -1.20. The van der Waals surface area contributed by atoms with E-state index in [1.807, 2.05) is 6.07 Å². The Kier molecular flexibility index (Phi) is 17.1. The van der Waals surface area contributed by atoms with Gasteiger partial charge in [-0.15, -0.1) is 0 Å². The van der Waals surface area contributed by atoms with Gasteiger partial charge in [-0.1, -0.05) is 0 Å². The average Bonchev–Trinajstić information content (AvgIpc) is 3.62. The second-order valence-electron chi connectivity index (χ2n) is 16.3. The quantitative estimate of drug-likeness (QED) is 0.0596. The summed E-state index contributed by atoms with van der Waals surface area (Å²) in [5, 5.41) is 30.2. The molecule has 2 aliphatic heterocycles. The fourth-order valence-electron chi connectivity index (χ4n) is 7.29. The molecule has 0 atom stereocenters. The van der Waals surface area contributed by atoms with E-state index in [1.54, 1.807) is 38.1 Å². The fraction of sp³-hybridized carbons (Fsp3) is 0.467. The predicted octanol–water partition coefficient (Wildman–Crippen LogP) is 9.03. The first kappa shape index (κ1) is 48.8. The summed E-state index contributed by atoms with van der Waals surface area (Å²) >= 11 is 0. The molecule has 3 aromatic rings. The molecule has 0 saturated carbocycles. The Labute approximate surface area is 359 Å². The average molecular weight is 867 g/mol. The molecule has 13 nitrogen and oxygen atoms in total. The number of nitro benzene ring substituents is 2. The van der Waals surface area contributed by atoms with Crippen LogP contribution in [0.25, 0.3) is 6.08 Å². The summed E-state index contributed by atoms with van der Waals surface area (Å²) in [4.78, 5) is 38.7. The van der Waals surface area contributed by atoms with Gasteiger partial charge < -0.3 is 24.2 Å². The Balaban J connectivity index is 0.000000223. The van der Waals surface area contributed by atoms with Crippen molar-refractivity contribution < 1.29 is 41.7 Å². The SMILES string of the molecule is CC(C)N1CCC(Oc2cc3c(cc2F)CC(C(=O)C(C#N)=CN(C)C)=C3)CC1.Cc1cc(F)c(F)cc1[N+](=O)[O-].Cc1cc(OC2CCN(C(C)C)CC2)c(F)cc1[N+](=O)[O-]. The number of benzene rings is 3. The number of fused-ring (bicyclic) bond motifs is 1. The summed E-state index contributed by atoms with van der Waals surface area (Å²) in [6.07, 6.45) is 6.96. The molecule has 6 rings (SSSR count). The minimum absolute atomic E-state index is 0.00255. The molecule has 2 heterocycles. The Morgan fingerprint density at radius 2 is 1.19 bits per heavy atom. The van der Waals surface area contributed by atoms with Gasteiger partial charge in [0, 0.05) is 81.7 Å². The topological polar surface area (TPSA) is 155 Å². The van der Waals surface area contributed by atoms with Crippen molar-refractivity contribution in [3.63, 3.8) is 0 Å². The summed E-state index contributed by atoms with van der Waals surface area (Å²) in [6, 6.07) is 9.83. The maximum atomic E-state index is 14.6. The molecule has 2 saturated heterocycles. The molecular weight excluding hydrogens is 813 g/mol. The molecule has 0 spiro atoms. The lowest BCUT2D eigenvalue weighted by atomic mass is 10.0. The van der Waals surface area contributed by atoms with E-state index in [0.29, 0.717) is 35.7 Å². The minimum Gasteiger partial charge on any atom is -0.487 e. The Hall–Kier alpha value is -5.86. The number of piperidine rings is 2. The number of ketones is 1. The van der Waals surface area contributed by atoms with Crippen LogP contribution >= 0.6 is 0 Å². The Morgan fingerprint density at radius 3 is 1.65 bits per heavy atom. The van der Waals surface area contributed by atoms with E-state index in [1.165, 1.54) is 25.3 Å². The van der Waals surface area contributed by atoms with Crippen LogP contribution in [0.3, 0.4) is 0 Å². The Morgan fingerprint density at radius 1 is 0.758 bits per heavy atom. The number of hydrogen-bond acceptors (Lipinski definition) is 11. The number of rotatable bonds is 11. The van der Waals surface area contributed by atoms with E-state index in [-0.39, 0.29) is 46.3 Å². The molecule has 334 valence electrons. The highest BCUT2D eigenvalue weighted by Crippen LogP contribution is 2.34. The summed E-state index contributed by atoms with van der Waals surface area (Å²) in [6.45, 7) is 15.3. The first-order chi connectivity index (χ1) is 29.2. The van der Waals surface area contributed by atoms with Crippen LogP contribution in [0.5, 0.6) is 11.5 Å². The molecule has 1 aliphatic carbocycles. The number of halogens is 4. The maximum absolute atomic E-state index is 14.6. The second-order valence-corrected chi connectivity index (χ2v) is 16.3. The number of allylic oxidation sites excluding steroid dienone is 2. The van der Waals surface area contributed by atoms with Crippen molar-refractivity contribution in [2.24, 2.45) is 0 Å². The standard InChI is InChI=1S/C23H28FN3O2.C15H21FN2O3.C7H5F2NO2/c1-15(2)27-7-5-20(6-8-27)29-22-12-17-10-18(9-16(17)11-21(22)24)23(28)19(13-25)14-26(3)4;1-10(2)17-6-4-12(5-7-17)21-15-8-11(3)14(18(19)20)9-13(15)16;1-4-2-5(8)6(9)3-7(4)10(11)12/h10-12,14-15,20H,5-9H2,1-4H3;8-10,12H,4-7H2,1-3H3;2-3H,1H3. The van der Waals surface area contributed by atoms with Crippen LogP contribution in [-0.4, -0.2) is 94.9 Å². The third-order valence-electron chi connectivity index (χ3n) is 10.8. The van der Waals surface area contributed by atoms with Gasteiger partial charge in [0.1, 0.15) is 23.9 Å². The highest BCUT2D eigenvalue weighted by atomic mass is 19.2. The lowest BCUT2D eigenvalue weighted by Crippen LogP contribution is -2.41. The van der Waals surface area contributed by atoms with Crippen LogP contribution in [-0.2, 0) is 11.2 Å². The highest BCUT2D eigenvalue weighted by molar-refractivity contribution is 6.14. The molecule has 2 fully saturated rings. The summed E-state index contributed by atoms with van der Waals surface area (Å²) in [7, 11) is 3.51. The van der Waals surface area contributed by atoms with Crippen LogP contribution in [0.15, 0.2) is 53.7 Å². The van der Waals surface area contributed by atoms with Gasteiger partial charge in [-0.3, -0.25) is 25.0 Å². The van der Waals surface area contributed by atoms with Crippen LogP contribution in [0.4, 0.5) is 28.9 Å². The molecular formula is C45H54F4N6O7. The molecule has 3 aliphatic rings. The number of carbonyl (C=O) groups excluding carboxylic acids is 1. The third-order valence-corrected chi connectivity index (χ3v) is 10.8. The van der Waals surface area contributed by atoms with E-state index < -0.39 is 38.8 Å². The van der Waals surface area contributed by atoms with E-state index in [2.05, 4.69) is 37.5 Å². The molecule has 0 unspecified atom stereocenters. The van der Waals surface area contributed by atoms with E-state index >= 15 is 0 Å². The number of Topliss-reactive ketones (excluding diaryl/α,β-unsaturated/α-hetero) is 1. The molecule has 0 aromatic heterocycles. The number of nitrogens with zero attached hydrogens (tertiary/aromatic N) is 6. The number of likely N-dealkylation sites (tertiary alicyclic amines) is 2. The van der Waals surface area contributed by atoms with Crippen molar-refractivity contribution in [3.8, 4) is 17.6 Å². The van der Waals surface area contributed by atoms with E-state index in [4.69, 9.17) is 9.47 Å². The van der Waals surface area contributed by atoms with Crippen LogP contribution in [0.1, 0.15) is 75.6 Å². The molecule has 0 radical (unpaired) electrons. The summed E-state index contributed by atoms with van der Waals surface area (Å²) in [5.41, 5.74) is 2.00. The molecule has 0 N–H and O–H groups in total. The predicted molar refractivity (Wildman–Crippen MR) is 227 cm³/mol. The van der Waals surface area contributed by atoms with Gasteiger partial charge in [0.25, 0.3) is 11.4 Å². The van der Waals surface area contributed by atoms with Gasteiger partial charge in [-0.2, -0.15) is 5.26 Å². The molecule has 0 bridgehead atoms. The van der Waals surface area contributed by atoms with Crippen molar-refractivity contribution in [2.45, 2.75) is 97.9 Å². The fourth-order valence-corrected chi connectivity index (χ4v) is 7.29. The van der Waals surface area contributed by atoms with Gasteiger partial charge in [-0.05, 0) is 109 Å². The van der Waals surface area contributed by atoms with Crippen molar-refractivity contribution in [1.29, 1.82) is 5.26 Å². The van der Waals surface area contributed by atoms with Gasteiger partial charge in [0.05, 0.1) is 22.0 Å². The van der Waals surface area contributed by atoms with Crippen LogP contribution < -0.4 is 9.47 Å². The number of nitriles is 1. The number of hydrogen-bond donors (Lipinski definition) is 0. The number of nitro groups is 2. The van der Waals surface area contributed by atoms with Crippen molar-refractivity contribution in [2.75, 3.05) is 40.3 Å². The van der Waals surface area contributed by atoms with E-state index in [0.717, 1.165) is 75.1 Å². The third kappa shape index (κ3) is 13.1. The van der Waals surface area contributed by atoms with Gasteiger partial charge >= 0.3 is 0 Å². The smallest absolute Gasteiger partial charge is 0.275 e.